The Kier molecular flexibility index (Phi) is 7.42. The zero-order valence-electron chi connectivity index (χ0n) is 14.5. The Morgan fingerprint density at radius 2 is 1.21 bits per heavy atom. The van der Waals surface area contributed by atoms with Crippen LogP contribution in [0.1, 0.15) is 15.9 Å². The quantitative estimate of drug-likeness (QED) is 0.903. The van der Waals surface area contributed by atoms with Crippen molar-refractivity contribution >= 4 is 5.97 Å². The van der Waals surface area contributed by atoms with Crippen molar-refractivity contribution in [3.63, 3.8) is 0 Å². The van der Waals surface area contributed by atoms with Gasteiger partial charge in [-0.1, -0.05) is 6.07 Å². The molecule has 2 aromatic rings. The van der Waals surface area contributed by atoms with Crippen molar-refractivity contribution in [3.8, 4) is 23.0 Å². The van der Waals surface area contributed by atoms with Crippen LogP contribution >= 0.6 is 0 Å². The van der Waals surface area contributed by atoms with Gasteiger partial charge in [0.05, 0.1) is 34.0 Å². The number of aromatic carboxylic acids is 1. The lowest BCUT2D eigenvalue weighted by atomic mass is 10.2. The molecule has 1 N–H and O–H groups in total. The van der Waals surface area contributed by atoms with Crippen LogP contribution < -0.4 is 18.9 Å². The maximum Gasteiger partial charge on any atom is 0.335 e. The molecular formula is C18H22O6. The summed E-state index contributed by atoms with van der Waals surface area (Å²) in [6.07, 6.45) is 0. The van der Waals surface area contributed by atoms with Gasteiger partial charge in [0.1, 0.15) is 0 Å². The molecular weight excluding hydrogens is 312 g/mol. The highest BCUT2D eigenvalue weighted by Gasteiger charge is 2.08. The molecule has 0 heterocycles. The summed E-state index contributed by atoms with van der Waals surface area (Å²) in [6.45, 7) is 2.02. The monoisotopic (exact) mass is 334 g/mol. The average Bonchev–Trinajstić information content (AvgIpc) is 2.61. The lowest BCUT2D eigenvalue weighted by Crippen LogP contribution is -1.98. The number of benzene rings is 2. The highest BCUT2D eigenvalue weighted by molar-refractivity contribution is 5.88. The Bertz CT molecular complexity index is 681. The van der Waals surface area contributed by atoms with E-state index in [2.05, 4.69) is 0 Å². The van der Waals surface area contributed by atoms with Gasteiger partial charge in [0.15, 0.2) is 23.0 Å². The van der Waals surface area contributed by atoms with E-state index in [1.54, 1.807) is 20.3 Å². The number of methoxy groups -OCH3 is 4. The Hall–Kier alpha value is -2.89. The van der Waals surface area contributed by atoms with Crippen molar-refractivity contribution in [2.45, 2.75) is 6.92 Å². The van der Waals surface area contributed by atoms with E-state index in [4.69, 9.17) is 24.1 Å². The zero-order chi connectivity index (χ0) is 18.1. The number of aryl methyl sites for hydroxylation is 1. The fourth-order valence-corrected chi connectivity index (χ4v) is 1.91. The Balaban J connectivity index is 0.000000243. The van der Waals surface area contributed by atoms with Crippen LogP contribution in [-0.4, -0.2) is 39.5 Å². The molecule has 0 aromatic heterocycles. The molecule has 0 saturated heterocycles. The minimum Gasteiger partial charge on any atom is -0.493 e. The minimum absolute atomic E-state index is 0.178. The summed E-state index contributed by atoms with van der Waals surface area (Å²) in [5, 5.41) is 8.67. The lowest BCUT2D eigenvalue weighted by Gasteiger charge is -2.07. The third kappa shape index (κ3) is 5.08. The summed E-state index contributed by atoms with van der Waals surface area (Å²) in [5.41, 5.74) is 1.35. The van der Waals surface area contributed by atoms with Gasteiger partial charge in [0.2, 0.25) is 0 Å². The van der Waals surface area contributed by atoms with Gasteiger partial charge in [0.25, 0.3) is 0 Å². The lowest BCUT2D eigenvalue weighted by molar-refractivity contribution is 0.0696. The summed E-state index contributed by atoms with van der Waals surface area (Å²) in [4.78, 5) is 10.6. The van der Waals surface area contributed by atoms with Gasteiger partial charge in [-0.05, 0) is 42.8 Å². The molecule has 0 aliphatic carbocycles. The maximum absolute atomic E-state index is 10.6. The normalized spacial score (nSPS) is 9.38. The summed E-state index contributed by atoms with van der Waals surface area (Å²) < 4.78 is 20.0. The van der Waals surface area contributed by atoms with Crippen LogP contribution in [0.5, 0.6) is 23.0 Å². The molecule has 6 nitrogen and oxygen atoms in total. The molecule has 0 bridgehead atoms. The van der Waals surface area contributed by atoms with E-state index in [-0.39, 0.29) is 5.56 Å². The number of hydrogen-bond donors (Lipinski definition) is 1. The number of carbonyl (C=O) groups is 1. The largest absolute Gasteiger partial charge is 0.493 e. The van der Waals surface area contributed by atoms with Gasteiger partial charge in [-0.25, -0.2) is 4.79 Å². The summed E-state index contributed by atoms with van der Waals surface area (Å²) in [7, 11) is 6.23. The molecule has 0 spiro atoms. The second-order valence-electron chi connectivity index (χ2n) is 4.73. The molecule has 24 heavy (non-hydrogen) atoms. The van der Waals surface area contributed by atoms with Crippen molar-refractivity contribution in [1.29, 1.82) is 0 Å². The number of ether oxygens (including phenoxy) is 4. The summed E-state index contributed by atoms with van der Waals surface area (Å²) in [6, 6.07) is 10.3. The van der Waals surface area contributed by atoms with Gasteiger partial charge in [-0.3, -0.25) is 0 Å². The Morgan fingerprint density at radius 1 is 0.750 bits per heavy atom. The van der Waals surface area contributed by atoms with E-state index in [1.807, 2.05) is 25.1 Å². The van der Waals surface area contributed by atoms with Gasteiger partial charge in [-0.15, -0.1) is 0 Å². The van der Waals surface area contributed by atoms with Crippen molar-refractivity contribution in [3.05, 3.63) is 47.5 Å². The minimum atomic E-state index is -0.985. The van der Waals surface area contributed by atoms with Crippen molar-refractivity contribution in [2.24, 2.45) is 0 Å². The molecule has 0 saturated carbocycles. The van der Waals surface area contributed by atoms with Crippen LogP contribution in [0.2, 0.25) is 0 Å². The first kappa shape index (κ1) is 19.2. The van der Waals surface area contributed by atoms with Gasteiger partial charge in [-0.2, -0.15) is 0 Å². The fourth-order valence-electron chi connectivity index (χ4n) is 1.91. The topological polar surface area (TPSA) is 74.2 Å². The molecule has 0 fully saturated rings. The first-order valence-electron chi connectivity index (χ1n) is 7.10. The molecule has 0 atom stereocenters. The predicted octanol–water partition coefficient (Wildman–Crippen LogP) is 3.41. The van der Waals surface area contributed by atoms with Crippen LogP contribution in [0.3, 0.4) is 0 Å². The van der Waals surface area contributed by atoms with E-state index in [0.717, 1.165) is 11.5 Å². The van der Waals surface area contributed by atoms with Crippen LogP contribution in [-0.2, 0) is 0 Å². The number of carboxylic acid groups (broad SMARTS) is 1. The third-order valence-electron chi connectivity index (χ3n) is 3.17. The second-order valence-corrected chi connectivity index (χ2v) is 4.73. The standard InChI is InChI=1S/C9H10O4.C9H12O2/c1-12-7-4-3-6(9(10)11)5-8(7)13-2;1-7-4-5-8(10-2)9(6-7)11-3/h3-5H,1-2H3,(H,10,11);4-6H,1-3H3. The molecule has 2 rings (SSSR count). The van der Waals surface area contributed by atoms with Crippen molar-refractivity contribution in [1.82, 2.24) is 0 Å². The molecule has 0 aliphatic heterocycles. The summed E-state index contributed by atoms with van der Waals surface area (Å²) in [5.74, 6) is 1.52. The highest BCUT2D eigenvalue weighted by Crippen LogP contribution is 2.27. The van der Waals surface area contributed by atoms with E-state index in [1.165, 1.54) is 31.9 Å². The number of hydrogen-bond acceptors (Lipinski definition) is 5. The van der Waals surface area contributed by atoms with Gasteiger partial charge in [0, 0.05) is 0 Å². The Morgan fingerprint density at radius 3 is 1.67 bits per heavy atom. The fraction of sp³-hybridized carbons (Fsp3) is 0.278. The molecule has 0 amide bonds. The first-order chi connectivity index (χ1) is 11.5. The molecule has 6 heteroatoms. The SMILES string of the molecule is COc1ccc(C(=O)O)cc1OC.COc1ccc(C)cc1OC. The van der Waals surface area contributed by atoms with Crippen molar-refractivity contribution in [2.75, 3.05) is 28.4 Å². The second kappa shape index (κ2) is 9.29. The number of carboxylic acids is 1. The van der Waals surface area contributed by atoms with Crippen LogP contribution in [0.4, 0.5) is 0 Å². The Labute approximate surface area is 141 Å². The molecule has 0 unspecified atom stereocenters. The van der Waals surface area contributed by atoms with Crippen LogP contribution in [0.15, 0.2) is 36.4 Å². The highest BCUT2D eigenvalue weighted by atomic mass is 16.5. The third-order valence-corrected chi connectivity index (χ3v) is 3.17. The first-order valence-corrected chi connectivity index (χ1v) is 7.10. The van der Waals surface area contributed by atoms with Crippen LogP contribution in [0, 0.1) is 6.92 Å². The van der Waals surface area contributed by atoms with Gasteiger partial charge < -0.3 is 24.1 Å². The zero-order valence-corrected chi connectivity index (χ0v) is 14.5. The predicted molar refractivity (Wildman–Crippen MR) is 90.8 cm³/mol. The number of rotatable bonds is 5. The maximum atomic E-state index is 10.6. The van der Waals surface area contributed by atoms with E-state index >= 15 is 0 Å². The molecule has 0 aliphatic rings. The van der Waals surface area contributed by atoms with E-state index < -0.39 is 5.97 Å². The molecule has 2 aromatic carbocycles. The molecule has 130 valence electrons. The van der Waals surface area contributed by atoms with E-state index in [0.29, 0.717) is 11.5 Å². The van der Waals surface area contributed by atoms with Crippen LogP contribution in [0.25, 0.3) is 0 Å². The average molecular weight is 334 g/mol. The van der Waals surface area contributed by atoms with Gasteiger partial charge >= 0.3 is 5.97 Å². The van der Waals surface area contributed by atoms with E-state index in [9.17, 15) is 4.79 Å². The smallest absolute Gasteiger partial charge is 0.335 e. The molecule has 0 radical (unpaired) electrons. The summed E-state index contributed by atoms with van der Waals surface area (Å²) >= 11 is 0. The van der Waals surface area contributed by atoms with Crippen molar-refractivity contribution < 1.29 is 28.8 Å².